The zero-order valence-corrected chi connectivity index (χ0v) is 41.7. The van der Waals surface area contributed by atoms with Crippen LogP contribution in [0.15, 0.2) is 78.9 Å². The second-order valence-corrected chi connectivity index (χ2v) is 24.3. The maximum absolute atomic E-state index is 13.0. The average molecular weight is 869 g/mol. The van der Waals surface area contributed by atoms with E-state index < -0.39 is 26.6 Å². The highest BCUT2D eigenvalue weighted by molar-refractivity contribution is 6.99. The molecular formula is C54H85BO6Si. The minimum Gasteiger partial charge on any atom is -0.493 e. The van der Waals surface area contributed by atoms with Gasteiger partial charge in [0.1, 0.15) is 11.9 Å². The van der Waals surface area contributed by atoms with Gasteiger partial charge in [-0.15, -0.1) is 0 Å². The van der Waals surface area contributed by atoms with Crippen molar-refractivity contribution in [1.29, 1.82) is 0 Å². The molecule has 0 aromatic heterocycles. The number of hydrogen-bond donors (Lipinski definition) is 0. The molecule has 6 nitrogen and oxygen atoms in total. The molecule has 0 unspecified atom stereocenters. The molecule has 0 spiro atoms. The molecule has 0 saturated carbocycles. The molecular weight excluding hydrogens is 783 g/mol. The van der Waals surface area contributed by atoms with E-state index in [9.17, 15) is 4.79 Å². The van der Waals surface area contributed by atoms with Gasteiger partial charge >= 0.3 is 13.1 Å². The van der Waals surface area contributed by atoms with Crippen molar-refractivity contribution in [3.8, 4) is 5.75 Å². The molecule has 1 aliphatic rings. The number of rotatable bonds is 30. The highest BCUT2D eigenvalue weighted by atomic mass is 28.4. The SMILES string of the molecule is CCCCCCCCC(CCCCCCCC)OC(=O)CCCCCCCOc1ccc(B2OC(C)(C)C(C)(C)O2)cc1CO[Si](c1ccccc1)(c1ccccc1)C(C)(C)C. The first-order chi connectivity index (χ1) is 29.7. The van der Waals surface area contributed by atoms with Crippen LogP contribution in [0.4, 0.5) is 0 Å². The summed E-state index contributed by atoms with van der Waals surface area (Å²) in [6.45, 7) is 20.8. The van der Waals surface area contributed by atoms with Crippen LogP contribution in [0.3, 0.4) is 0 Å². The number of ether oxygens (including phenoxy) is 2. The lowest BCUT2D eigenvalue weighted by Gasteiger charge is -2.43. The summed E-state index contributed by atoms with van der Waals surface area (Å²) in [6, 6.07) is 27.9. The normalized spacial score (nSPS) is 15.0. The third kappa shape index (κ3) is 15.7. The van der Waals surface area contributed by atoms with Crippen molar-refractivity contribution in [2.45, 2.75) is 220 Å². The van der Waals surface area contributed by atoms with E-state index >= 15 is 0 Å². The van der Waals surface area contributed by atoms with Crippen molar-refractivity contribution in [2.75, 3.05) is 6.61 Å². The number of unbranched alkanes of at least 4 members (excludes halogenated alkanes) is 14. The average Bonchev–Trinajstić information content (AvgIpc) is 3.47. The Morgan fingerprint density at radius 3 is 1.65 bits per heavy atom. The first kappa shape index (κ1) is 51.7. The van der Waals surface area contributed by atoms with Gasteiger partial charge in [0.05, 0.1) is 24.4 Å². The molecule has 1 fully saturated rings. The predicted octanol–water partition coefficient (Wildman–Crippen LogP) is 13.2. The number of carbonyl (C=O) groups excluding carboxylic acids is 1. The maximum Gasteiger partial charge on any atom is 0.494 e. The summed E-state index contributed by atoms with van der Waals surface area (Å²) < 4.78 is 33.1. The van der Waals surface area contributed by atoms with E-state index in [1.807, 2.05) is 0 Å². The lowest BCUT2D eigenvalue weighted by Crippen LogP contribution is -2.66. The minimum atomic E-state index is -2.80. The number of carbonyl (C=O) groups is 1. The summed E-state index contributed by atoms with van der Waals surface area (Å²) in [4.78, 5) is 13.0. The molecule has 3 aromatic carbocycles. The van der Waals surface area contributed by atoms with Crippen molar-refractivity contribution >= 4 is 37.2 Å². The van der Waals surface area contributed by atoms with Crippen LogP contribution in [0.1, 0.15) is 196 Å². The molecule has 0 radical (unpaired) electrons. The first-order valence-electron chi connectivity index (χ1n) is 24.8. The lowest BCUT2D eigenvalue weighted by molar-refractivity contribution is -0.150. The van der Waals surface area contributed by atoms with Gasteiger partial charge in [0, 0.05) is 12.0 Å². The number of esters is 1. The van der Waals surface area contributed by atoms with Gasteiger partial charge in [0.25, 0.3) is 8.32 Å². The fraction of sp³-hybridized carbons (Fsp3) is 0.648. The lowest BCUT2D eigenvalue weighted by atomic mass is 9.78. The fourth-order valence-electron chi connectivity index (χ4n) is 8.82. The summed E-state index contributed by atoms with van der Waals surface area (Å²) in [5.41, 5.74) is 1.07. The molecule has 1 saturated heterocycles. The van der Waals surface area contributed by atoms with Crippen LogP contribution in [0.2, 0.25) is 5.04 Å². The molecule has 0 aliphatic carbocycles. The largest absolute Gasteiger partial charge is 0.494 e. The third-order valence-electron chi connectivity index (χ3n) is 13.3. The van der Waals surface area contributed by atoms with Crippen molar-refractivity contribution in [3.05, 3.63) is 84.4 Å². The van der Waals surface area contributed by atoms with Gasteiger partial charge in [0.2, 0.25) is 0 Å². The standard InChI is InChI=1S/C54H85BO6Si/c1-10-12-14-16-19-25-33-47(34-26-20-17-15-13-11-2)59-51(56)39-31-21-18-22-32-42-57-50-41-40-46(55-60-53(6,7)54(8,9)61-55)43-45(50)44-58-62(52(3,4)5,48-35-27-23-28-36-48)49-37-29-24-30-38-49/h23-24,27-30,35-38,40-41,43,47H,10-22,25-26,31-34,39,42,44H2,1-9H3. The molecule has 4 rings (SSSR count). The van der Waals surface area contributed by atoms with E-state index in [1.54, 1.807) is 0 Å². The molecule has 3 aromatic rings. The van der Waals surface area contributed by atoms with Crippen LogP contribution in [0.25, 0.3) is 0 Å². The first-order valence-corrected chi connectivity index (χ1v) is 26.7. The van der Waals surface area contributed by atoms with Gasteiger partial charge in [-0.3, -0.25) is 4.79 Å². The molecule has 1 heterocycles. The van der Waals surface area contributed by atoms with E-state index in [0.29, 0.717) is 19.6 Å². The second-order valence-electron chi connectivity index (χ2n) is 20.0. The Hall–Kier alpha value is -2.91. The Morgan fingerprint density at radius 1 is 0.645 bits per heavy atom. The molecule has 1 aliphatic heterocycles. The summed E-state index contributed by atoms with van der Waals surface area (Å²) in [6.07, 6.45) is 22.8. The maximum atomic E-state index is 13.0. The van der Waals surface area contributed by atoms with Crippen LogP contribution >= 0.6 is 0 Å². The second kappa shape index (κ2) is 26.2. The molecule has 0 atom stereocenters. The highest BCUT2D eigenvalue weighted by Crippen LogP contribution is 2.39. The van der Waals surface area contributed by atoms with Crippen LogP contribution in [0.5, 0.6) is 5.75 Å². The Balaban J connectivity index is 1.34. The van der Waals surface area contributed by atoms with E-state index in [2.05, 4.69) is 141 Å². The van der Waals surface area contributed by atoms with Crippen molar-refractivity contribution in [1.82, 2.24) is 0 Å². The van der Waals surface area contributed by atoms with Gasteiger partial charge in [0.15, 0.2) is 0 Å². The summed E-state index contributed by atoms with van der Waals surface area (Å²) >= 11 is 0. The van der Waals surface area contributed by atoms with Crippen molar-refractivity contribution < 1.29 is 28.0 Å². The van der Waals surface area contributed by atoms with E-state index in [0.717, 1.165) is 61.7 Å². The predicted molar refractivity (Wildman–Crippen MR) is 264 cm³/mol. The molecule has 62 heavy (non-hydrogen) atoms. The molecule has 8 heteroatoms. The topological polar surface area (TPSA) is 63.2 Å². The molecule has 344 valence electrons. The van der Waals surface area contributed by atoms with Crippen LogP contribution in [-0.2, 0) is 29.9 Å². The Bertz CT molecular complexity index is 1620. The quantitative estimate of drug-likeness (QED) is 0.0378. The van der Waals surface area contributed by atoms with E-state index in [4.69, 9.17) is 23.2 Å². The van der Waals surface area contributed by atoms with Gasteiger partial charge in [-0.1, -0.05) is 191 Å². The molecule has 0 N–H and O–H groups in total. The van der Waals surface area contributed by atoms with Crippen molar-refractivity contribution in [2.24, 2.45) is 0 Å². The number of hydrogen-bond acceptors (Lipinski definition) is 6. The monoisotopic (exact) mass is 869 g/mol. The Kier molecular flexibility index (Phi) is 21.8. The third-order valence-corrected chi connectivity index (χ3v) is 18.3. The van der Waals surface area contributed by atoms with E-state index in [-0.39, 0.29) is 17.1 Å². The smallest absolute Gasteiger partial charge is 0.493 e. The summed E-state index contributed by atoms with van der Waals surface area (Å²) in [5.74, 6) is 0.828. The highest BCUT2D eigenvalue weighted by Gasteiger charge is 2.52. The van der Waals surface area contributed by atoms with Crippen LogP contribution in [0, 0.1) is 0 Å². The zero-order chi connectivity index (χ0) is 44.9. The van der Waals surface area contributed by atoms with Gasteiger partial charge in [-0.2, -0.15) is 0 Å². The summed E-state index contributed by atoms with van der Waals surface area (Å²) in [7, 11) is -3.28. The van der Waals surface area contributed by atoms with Crippen LogP contribution in [-0.4, -0.2) is 45.3 Å². The Labute approximate surface area is 380 Å². The minimum absolute atomic E-state index is 0.00732. The van der Waals surface area contributed by atoms with E-state index in [1.165, 1.54) is 87.4 Å². The fourth-order valence-corrected chi connectivity index (χ4v) is 13.3. The van der Waals surface area contributed by atoms with Gasteiger partial charge in [-0.05, 0) is 93.2 Å². The number of benzene rings is 3. The summed E-state index contributed by atoms with van der Waals surface area (Å²) in [5, 5.41) is 2.34. The van der Waals surface area contributed by atoms with Gasteiger partial charge < -0.3 is 23.2 Å². The Morgan fingerprint density at radius 2 is 1.13 bits per heavy atom. The molecule has 0 amide bonds. The zero-order valence-electron chi connectivity index (χ0n) is 40.7. The molecule has 0 bridgehead atoms. The van der Waals surface area contributed by atoms with Gasteiger partial charge in [-0.25, -0.2) is 0 Å². The van der Waals surface area contributed by atoms with Crippen LogP contribution < -0.4 is 20.6 Å². The van der Waals surface area contributed by atoms with Crippen molar-refractivity contribution in [3.63, 3.8) is 0 Å².